The van der Waals surface area contributed by atoms with Crippen molar-refractivity contribution in [3.05, 3.63) is 83.8 Å². The zero-order valence-corrected chi connectivity index (χ0v) is 18.4. The Morgan fingerprint density at radius 1 is 1.19 bits per heavy atom. The predicted octanol–water partition coefficient (Wildman–Crippen LogP) is 6.80. The van der Waals surface area contributed by atoms with Crippen LogP contribution in [0.1, 0.15) is 5.56 Å². The Morgan fingerprint density at radius 2 is 1.90 bits per heavy atom. The third-order valence-electron chi connectivity index (χ3n) is 3.68. The maximum Gasteiger partial charge on any atom is 0.247 e. The van der Waals surface area contributed by atoms with Gasteiger partial charge in [0.15, 0.2) is 0 Å². The van der Waals surface area contributed by atoms with Gasteiger partial charge in [-0.3, -0.25) is 9.18 Å². The van der Waals surface area contributed by atoms with Crippen molar-refractivity contribution < 1.29 is 18.3 Å². The van der Waals surface area contributed by atoms with Gasteiger partial charge in [0.1, 0.15) is 17.3 Å². The summed E-state index contributed by atoms with van der Waals surface area (Å²) in [5, 5.41) is 2.74. The van der Waals surface area contributed by atoms with Crippen molar-refractivity contribution in [2.75, 3.05) is 17.2 Å². The van der Waals surface area contributed by atoms with Gasteiger partial charge < -0.3 is 14.8 Å². The van der Waals surface area contributed by atoms with Crippen molar-refractivity contribution in [3.63, 3.8) is 0 Å². The molecule has 9 heteroatoms. The van der Waals surface area contributed by atoms with Gasteiger partial charge in [-0.05, 0) is 79.0 Å². The first-order valence-corrected chi connectivity index (χ1v) is 10.1. The second kappa shape index (κ2) is 11.9. The Balaban J connectivity index is 0.00000166. The summed E-state index contributed by atoms with van der Waals surface area (Å²) in [6.45, 7) is 5.32. The highest BCUT2D eigenvalue weighted by Gasteiger charge is 2.09. The quantitative estimate of drug-likeness (QED) is 0.298. The number of alkyl halides is 1. The summed E-state index contributed by atoms with van der Waals surface area (Å²) in [7, 11) is 0.500. The molecule has 0 aliphatic rings. The second-order valence-corrected chi connectivity index (χ2v) is 7.25. The first kappa shape index (κ1) is 24.2. The molecule has 0 atom stereocenters. The van der Waals surface area contributed by atoms with Crippen LogP contribution in [0.3, 0.4) is 0 Å². The lowest BCUT2D eigenvalue weighted by Crippen LogP contribution is -2.06. The molecule has 162 valence electrons. The van der Waals surface area contributed by atoms with Crippen molar-refractivity contribution in [3.8, 4) is 11.6 Å². The topological polar surface area (TPSA) is 63.2 Å². The minimum Gasteiger partial charge on any atom is -0.437 e. The van der Waals surface area contributed by atoms with Crippen LogP contribution in [0.25, 0.3) is 0 Å². The Kier molecular flexibility index (Phi) is 9.30. The van der Waals surface area contributed by atoms with Crippen molar-refractivity contribution >= 4 is 40.8 Å². The Morgan fingerprint density at radius 3 is 2.55 bits per heavy atom. The number of hydrogen-bond donors (Lipinski definition) is 2. The number of rotatable bonds is 7. The molecule has 2 N–H and O–H groups in total. The molecule has 0 bridgehead atoms. The molecule has 0 aliphatic carbocycles. The van der Waals surface area contributed by atoms with Crippen LogP contribution in [0.2, 0.25) is 5.02 Å². The standard InChI is InChI=1S/C21H17ClFN3O2S.CH3F/c1-3-20(27)25-14-4-6-15(7-5-14)28-21-19(10-13(2)12-24-21)26-29-16-8-9-17(22)18(23)11-16;1-2/h3-12,26H,1H2,2H3,(H,25,27);1H3. The molecule has 0 aliphatic heterocycles. The summed E-state index contributed by atoms with van der Waals surface area (Å²) >= 11 is 6.93. The smallest absolute Gasteiger partial charge is 0.247 e. The number of hydrogen-bond acceptors (Lipinski definition) is 5. The van der Waals surface area contributed by atoms with E-state index in [4.69, 9.17) is 16.3 Å². The minimum absolute atomic E-state index is 0.0725. The summed E-state index contributed by atoms with van der Waals surface area (Å²) in [6.07, 6.45) is 2.88. The molecule has 5 nitrogen and oxygen atoms in total. The molecule has 1 aromatic heterocycles. The van der Waals surface area contributed by atoms with Gasteiger partial charge in [-0.1, -0.05) is 18.2 Å². The molecule has 31 heavy (non-hydrogen) atoms. The lowest BCUT2D eigenvalue weighted by Gasteiger charge is -2.13. The number of carbonyl (C=O) groups excluding carboxylic acids is 1. The first-order valence-electron chi connectivity index (χ1n) is 8.88. The molecule has 1 heterocycles. The summed E-state index contributed by atoms with van der Waals surface area (Å²) in [4.78, 5) is 16.3. The molecule has 0 radical (unpaired) electrons. The molecule has 0 unspecified atom stereocenters. The van der Waals surface area contributed by atoms with Gasteiger partial charge in [0.25, 0.3) is 0 Å². The molecule has 0 saturated heterocycles. The number of anilines is 2. The molecule has 2 aromatic carbocycles. The van der Waals surface area contributed by atoms with Crippen LogP contribution in [0, 0.1) is 12.7 Å². The Hall–Kier alpha value is -3.10. The molecular weight excluding hydrogens is 444 g/mol. The maximum atomic E-state index is 13.6. The van der Waals surface area contributed by atoms with E-state index in [0.717, 1.165) is 5.56 Å². The number of nitrogens with one attached hydrogen (secondary N) is 2. The fraction of sp³-hybridized carbons (Fsp3) is 0.0909. The number of benzene rings is 2. The Labute approximate surface area is 188 Å². The van der Waals surface area contributed by atoms with Crippen LogP contribution >= 0.6 is 23.5 Å². The number of halogens is 3. The zero-order valence-electron chi connectivity index (χ0n) is 16.8. The Bertz CT molecular complexity index is 1050. The minimum atomic E-state index is -0.485. The van der Waals surface area contributed by atoms with E-state index in [-0.39, 0.29) is 10.9 Å². The van der Waals surface area contributed by atoms with E-state index in [0.29, 0.717) is 35.1 Å². The van der Waals surface area contributed by atoms with E-state index in [2.05, 4.69) is 21.6 Å². The average Bonchev–Trinajstić information content (AvgIpc) is 2.78. The fourth-order valence-corrected chi connectivity index (χ4v) is 3.07. The summed E-state index contributed by atoms with van der Waals surface area (Å²) < 4.78 is 32.1. The molecular formula is C22H20ClF2N3O2S. The van der Waals surface area contributed by atoms with E-state index < -0.39 is 5.82 Å². The number of aromatic nitrogens is 1. The number of amides is 1. The third-order valence-corrected chi connectivity index (χ3v) is 4.80. The van der Waals surface area contributed by atoms with Gasteiger partial charge in [0.05, 0.1) is 12.2 Å². The van der Waals surface area contributed by atoms with Gasteiger partial charge in [-0.15, -0.1) is 0 Å². The normalized spacial score (nSPS) is 9.84. The molecule has 3 rings (SSSR count). The van der Waals surface area contributed by atoms with Crippen LogP contribution in [0.4, 0.5) is 20.2 Å². The molecule has 0 spiro atoms. The summed E-state index contributed by atoms with van der Waals surface area (Å²) in [5.41, 5.74) is 2.19. The van der Waals surface area contributed by atoms with Gasteiger partial charge in [0, 0.05) is 16.8 Å². The van der Waals surface area contributed by atoms with E-state index in [1.807, 2.05) is 13.0 Å². The highest BCUT2D eigenvalue weighted by molar-refractivity contribution is 8.00. The highest BCUT2D eigenvalue weighted by Crippen LogP contribution is 2.32. The summed E-state index contributed by atoms with van der Waals surface area (Å²) in [6, 6.07) is 13.3. The van der Waals surface area contributed by atoms with Crippen molar-refractivity contribution in [1.29, 1.82) is 0 Å². The maximum absolute atomic E-state index is 13.6. The van der Waals surface area contributed by atoms with Crippen molar-refractivity contribution in [1.82, 2.24) is 4.98 Å². The van der Waals surface area contributed by atoms with E-state index >= 15 is 0 Å². The monoisotopic (exact) mass is 463 g/mol. The molecule has 1 amide bonds. The number of ether oxygens (including phenoxy) is 1. The zero-order chi connectivity index (χ0) is 22.8. The van der Waals surface area contributed by atoms with Gasteiger partial charge in [0.2, 0.25) is 11.8 Å². The molecule has 0 fully saturated rings. The first-order chi connectivity index (χ1) is 14.9. The largest absolute Gasteiger partial charge is 0.437 e. The lowest BCUT2D eigenvalue weighted by atomic mass is 10.3. The fourth-order valence-electron chi connectivity index (χ4n) is 2.28. The van der Waals surface area contributed by atoms with Gasteiger partial charge in [-0.2, -0.15) is 0 Å². The highest BCUT2D eigenvalue weighted by atomic mass is 35.5. The number of pyridine rings is 1. The van der Waals surface area contributed by atoms with Crippen LogP contribution in [-0.2, 0) is 4.79 Å². The van der Waals surface area contributed by atoms with Crippen LogP contribution in [0.15, 0.2) is 72.3 Å². The summed E-state index contributed by atoms with van der Waals surface area (Å²) in [5.74, 6) is 0.130. The molecule has 0 saturated carbocycles. The van der Waals surface area contributed by atoms with E-state index in [1.165, 1.54) is 30.2 Å². The second-order valence-electron chi connectivity index (χ2n) is 5.97. The number of carbonyl (C=O) groups is 1. The van der Waals surface area contributed by atoms with Crippen LogP contribution < -0.4 is 14.8 Å². The average molecular weight is 464 g/mol. The lowest BCUT2D eigenvalue weighted by molar-refractivity contribution is -0.111. The van der Waals surface area contributed by atoms with Crippen molar-refractivity contribution in [2.24, 2.45) is 0 Å². The van der Waals surface area contributed by atoms with Gasteiger partial charge >= 0.3 is 0 Å². The van der Waals surface area contributed by atoms with E-state index in [9.17, 15) is 13.6 Å². The number of aryl methyl sites for hydroxylation is 1. The van der Waals surface area contributed by atoms with Crippen molar-refractivity contribution in [2.45, 2.75) is 11.8 Å². The number of nitrogens with zero attached hydrogens (tertiary/aromatic N) is 1. The van der Waals surface area contributed by atoms with E-state index in [1.54, 1.807) is 36.5 Å². The predicted molar refractivity (Wildman–Crippen MR) is 122 cm³/mol. The SMILES string of the molecule is C=CC(=O)Nc1ccc(Oc2ncc(C)cc2NSc2ccc(Cl)c(F)c2)cc1.CF. The van der Waals surface area contributed by atoms with Crippen LogP contribution in [-0.4, -0.2) is 18.1 Å². The molecule has 3 aromatic rings. The van der Waals surface area contributed by atoms with Gasteiger partial charge in [-0.25, -0.2) is 9.37 Å². The third kappa shape index (κ3) is 7.27. The van der Waals surface area contributed by atoms with Crippen LogP contribution in [0.5, 0.6) is 11.6 Å².